The quantitative estimate of drug-likeness (QED) is 0.225. The summed E-state index contributed by atoms with van der Waals surface area (Å²) < 4.78 is 27.3. The predicted molar refractivity (Wildman–Crippen MR) is 155 cm³/mol. The summed E-state index contributed by atoms with van der Waals surface area (Å²) in [7, 11) is -3.04. The summed E-state index contributed by atoms with van der Waals surface area (Å²) in [6.07, 6.45) is 0. The van der Waals surface area contributed by atoms with E-state index in [-0.39, 0.29) is 0 Å². The van der Waals surface area contributed by atoms with Gasteiger partial charge in [-0.3, -0.25) is 0 Å². The van der Waals surface area contributed by atoms with Crippen molar-refractivity contribution in [1.29, 1.82) is 0 Å². The summed E-state index contributed by atoms with van der Waals surface area (Å²) >= 11 is 0. The number of hydrogen-bond donors (Lipinski definition) is 0. The van der Waals surface area contributed by atoms with Gasteiger partial charge in [-0.15, -0.1) is 0 Å². The minimum Gasteiger partial charge on any atom is -0.449 e. The normalized spacial score (nSPS) is 12.2. The third kappa shape index (κ3) is 3.63. The molecule has 4 heteroatoms. The molecule has 38 heavy (non-hydrogen) atoms. The molecule has 1 aliphatic rings. The summed E-state index contributed by atoms with van der Waals surface area (Å²) in [5.74, 6) is 2.81. The van der Waals surface area contributed by atoms with Crippen molar-refractivity contribution in [3.8, 4) is 34.1 Å². The summed E-state index contributed by atoms with van der Waals surface area (Å²) in [6.45, 7) is 0. The maximum atomic E-state index is 14.8. The lowest BCUT2D eigenvalue weighted by Gasteiger charge is -2.23. The Morgan fingerprint density at radius 2 is 0.947 bits per heavy atom. The first-order valence-electron chi connectivity index (χ1n) is 12.5. The molecule has 0 saturated carbocycles. The van der Waals surface area contributed by atoms with E-state index >= 15 is 0 Å². The second kappa shape index (κ2) is 9.06. The molecular formula is C34H23O3P. The molecule has 0 saturated heterocycles. The third-order valence-corrected chi connectivity index (χ3v) is 10.1. The smallest absolute Gasteiger partial charge is 0.177 e. The molecule has 0 radical (unpaired) electrons. The molecule has 6 aromatic rings. The molecule has 0 amide bonds. The number of fused-ring (bicyclic) bond motifs is 4. The van der Waals surface area contributed by atoms with Crippen molar-refractivity contribution in [1.82, 2.24) is 0 Å². The lowest BCUT2D eigenvalue weighted by Crippen LogP contribution is -2.24. The van der Waals surface area contributed by atoms with Crippen LogP contribution in [0.1, 0.15) is 0 Å². The minimum absolute atomic E-state index is 0.681. The second-order valence-electron chi connectivity index (χ2n) is 9.28. The van der Waals surface area contributed by atoms with Gasteiger partial charge in [-0.2, -0.15) is 0 Å². The van der Waals surface area contributed by atoms with Gasteiger partial charge in [-0.25, -0.2) is 0 Å². The van der Waals surface area contributed by atoms with E-state index in [0.717, 1.165) is 43.6 Å². The number of ether oxygens (including phenoxy) is 2. The Hall–Kier alpha value is -4.59. The molecule has 1 aliphatic heterocycles. The van der Waals surface area contributed by atoms with Crippen LogP contribution in [-0.4, -0.2) is 0 Å². The van der Waals surface area contributed by atoms with Crippen LogP contribution in [0.5, 0.6) is 23.0 Å². The molecule has 0 atom stereocenters. The van der Waals surface area contributed by atoms with Crippen molar-refractivity contribution >= 4 is 33.8 Å². The van der Waals surface area contributed by atoms with Crippen molar-refractivity contribution in [3.63, 3.8) is 0 Å². The molecule has 0 bridgehead atoms. The predicted octanol–water partition coefficient (Wildman–Crippen LogP) is 8.04. The van der Waals surface area contributed by atoms with Gasteiger partial charge in [-0.1, -0.05) is 121 Å². The molecule has 0 fully saturated rings. The first kappa shape index (κ1) is 22.6. The summed E-state index contributed by atoms with van der Waals surface area (Å²) in [6, 6.07) is 45.5. The van der Waals surface area contributed by atoms with E-state index in [0.29, 0.717) is 17.2 Å². The molecule has 6 aromatic carbocycles. The molecular weight excluding hydrogens is 487 g/mol. The van der Waals surface area contributed by atoms with Gasteiger partial charge in [0.2, 0.25) is 0 Å². The Balaban J connectivity index is 1.36. The van der Waals surface area contributed by atoms with Crippen LogP contribution in [0.15, 0.2) is 140 Å². The maximum absolute atomic E-state index is 14.8. The lowest BCUT2D eigenvalue weighted by atomic mass is 9.97. The van der Waals surface area contributed by atoms with E-state index in [1.807, 2.05) is 115 Å². The van der Waals surface area contributed by atoms with Crippen molar-refractivity contribution in [3.05, 3.63) is 140 Å². The van der Waals surface area contributed by atoms with E-state index in [1.165, 1.54) is 0 Å². The standard InChI is InChI=1S/C34H23O3P/c35-38(25-11-3-1-4-12-25,26-13-5-2-6-14-26)27-21-19-24(20-22-27)30-23-33-34(29-16-8-7-15-28(29)30)37-32-18-10-9-17-31(32)36-33/h1-23H. The SMILES string of the molecule is O=P(c1ccccc1)(c1ccccc1)c1ccc(-c2cc3c(c4ccccc24)Oc2ccccc2O3)cc1. The van der Waals surface area contributed by atoms with Crippen molar-refractivity contribution in [2.24, 2.45) is 0 Å². The van der Waals surface area contributed by atoms with E-state index in [2.05, 4.69) is 24.3 Å². The molecule has 7 rings (SSSR count). The van der Waals surface area contributed by atoms with Gasteiger partial charge in [0.05, 0.1) is 0 Å². The topological polar surface area (TPSA) is 35.5 Å². The Morgan fingerprint density at radius 1 is 0.447 bits per heavy atom. The van der Waals surface area contributed by atoms with Crippen LogP contribution >= 0.6 is 7.14 Å². The van der Waals surface area contributed by atoms with Crippen molar-refractivity contribution < 1.29 is 14.0 Å². The fourth-order valence-electron chi connectivity index (χ4n) is 5.16. The van der Waals surface area contributed by atoms with E-state index in [4.69, 9.17) is 9.47 Å². The van der Waals surface area contributed by atoms with Gasteiger partial charge >= 0.3 is 0 Å². The van der Waals surface area contributed by atoms with Crippen LogP contribution in [-0.2, 0) is 4.57 Å². The van der Waals surface area contributed by atoms with E-state index < -0.39 is 7.14 Å². The van der Waals surface area contributed by atoms with E-state index in [9.17, 15) is 4.57 Å². The molecule has 0 aliphatic carbocycles. The average Bonchev–Trinajstić information content (AvgIpc) is 3.00. The highest BCUT2D eigenvalue weighted by Gasteiger charge is 2.30. The molecule has 0 N–H and O–H groups in total. The van der Waals surface area contributed by atoms with Crippen molar-refractivity contribution in [2.45, 2.75) is 0 Å². The molecule has 0 unspecified atom stereocenters. The molecule has 1 heterocycles. The summed E-state index contributed by atoms with van der Waals surface area (Å²) in [5, 5.41) is 4.49. The third-order valence-electron chi connectivity index (χ3n) is 7.02. The highest BCUT2D eigenvalue weighted by atomic mass is 31.2. The zero-order valence-corrected chi connectivity index (χ0v) is 21.3. The van der Waals surface area contributed by atoms with Crippen LogP contribution < -0.4 is 25.4 Å². The average molecular weight is 511 g/mol. The Labute approximate surface area is 221 Å². The molecule has 3 nitrogen and oxygen atoms in total. The monoisotopic (exact) mass is 510 g/mol. The summed E-state index contributed by atoms with van der Waals surface area (Å²) in [4.78, 5) is 0. The van der Waals surface area contributed by atoms with Crippen LogP contribution in [0.4, 0.5) is 0 Å². The number of hydrogen-bond acceptors (Lipinski definition) is 3. The van der Waals surface area contributed by atoms with Crippen molar-refractivity contribution in [2.75, 3.05) is 0 Å². The highest BCUT2D eigenvalue weighted by Crippen LogP contribution is 2.51. The Kier molecular flexibility index (Phi) is 5.39. The van der Waals surface area contributed by atoms with Gasteiger partial charge in [0, 0.05) is 21.3 Å². The maximum Gasteiger partial charge on any atom is 0.177 e. The summed E-state index contributed by atoms with van der Waals surface area (Å²) in [5.41, 5.74) is 2.05. The van der Waals surface area contributed by atoms with Crippen LogP contribution in [0.25, 0.3) is 21.9 Å². The van der Waals surface area contributed by atoms with Gasteiger partial charge in [0.1, 0.15) is 0 Å². The molecule has 0 spiro atoms. The molecule has 182 valence electrons. The lowest BCUT2D eigenvalue weighted by molar-refractivity contribution is 0.363. The van der Waals surface area contributed by atoms with Gasteiger partial charge in [-0.05, 0) is 34.7 Å². The number of para-hydroxylation sites is 2. The van der Waals surface area contributed by atoms with Gasteiger partial charge in [0.25, 0.3) is 0 Å². The van der Waals surface area contributed by atoms with Gasteiger partial charge in [0.15, 0.2) is 30.1 Å². The number of benzene rings is 6. The molecule has 0 aromatic heterocycles. The highest BCUT2D eigenvalue weighted by molar-refractivity contribution is 7.85. The van der Waals surface area contributed by atoms with Crippen LogP contribution in [0.2, 0.25) is 0 Å². The second-order valence-corrected chi connectivity index (χ2v) is 12.0. The zero-order chi connectivity index (χ0) is 25.5. The van der Waals surface area contributed by atoms with Crippen LogP contribution in [0, 0.1) is 0 Å². The minimum atomic E-state index is -3.04. The van der Waals surface area contributed by atoms with Crippen LogP contribution in [0.3, 0.4) is 0 Å². The largest absolute Gasteiger partial charge is 0.449 e. The van der Waals surface area contributed by atoms with E-state index in [1.54, 1.807) is 0 Å². The first-order valence-corrected chi connectivity index (χ1v) is 14.3. The Bertz CT molecular complexity index is 1780. The number of rotatable bonds is 4. The first-order chi connectivity index (χ1) is 18.7. The van der Waals surface area contributed by atoms with Gasteiger partial charge < -0.3 is 14.0 Å². The fraction of sp³-hybridized carbons (Fsp3) is 0. The Morgan fingerprint density at radius 3 is 1.58 bits per heavy atom. The zero-order valence-electron chi connectivity index (χ0n) is 20.5. The fourth-order valence-corrected chi connectivity index (χ4v) is 7.81.